The third-order valence-electron chi connectivity index (χ3n) is 3.50. The second kappa shape index (κ2) is 7.06. The monoisotopic (exact) mass is 325 g/mol. The summed E-state index contributed by atoms with van der Waals surface area (Å²) in [4.78, 5) is 11.8. The largest absolute Gasteiger partial charge is 0.378 e. The minimum Gasteiger partial charge on any atom is -0.378 e. The number of rotatable bonds is 6. The number of carbonyl (C=O) groups excluding carboxylic acids is 1. The number of carbonyl (C=O) groups is 1. The van der Waals surface area contributed by atoms with E-state index in [2.05, 4.69) is 21.2 Å². The van der Waals surface area contributed by atoms with Crippen LogP contribution in [0.25, 0.3) is 0 Å². The van der Waals surface area contributed by atoms with Crippen LogP contribution < -0.4 is 5.32 Å². The molecule has 1 aromatic rings. The molecule has 0 saturated heterocycles. The second-order valence-corrected chi connectivity index (χ2v) is 5.84. The van der Waals surface area contributed by atoms with Crippen LogP contribution in [-0.2, 0) is 16.1 Å². The second-order valence-electron chi connectivity index (χ2n) is 4.99. The Morgan fingerprint density at radius 3 is 2.84 bits per heavy atom. The Morgan fingerprint density at radius 2 is 2.16 bits per heavy atom. The Labute approximate surface area is 122 Å². The molecule has 1 aliphatic rings. The van der Waals surface area contributed by atoms with E-state index in [9.17, 15) is 4.79 Å². The smallest absolute Gasteiger partial charge is 0.220 e. The van der Waals surface area contributed by atoms with Crippen LogP contribution in [0.4, 0.5) is 0 Å². The fourth-order valence-electron chi connectivity index (χ4n) is 2.38. The van der Waals surface area contributed by atoms with Crippen LogP contribution in [0.15, 0.2) is 28.7 Å². The van der Waals surface area contributed by atoms with Crippen molar-refractivity contribution >= 4 is 21.8 Å². The Morgan fingerprint density at radius 1 is 1.42 bits per heavy atom. The van der Waals surface area contributed by atoms with Crippen molar-refractivity contribution in [1.82, 2.24) is 5.32 Å². The van der Waals surface area contributed by atoms with E-state index < -0.39 is 0 Å². The van der Waals surface area contributed by atoms with Gasteiger partial charge < -0.3 is 10.1 Å². The van der Waals surface area contributed by atoms with E-state index in [0.717, 1.165) is 29.5 Å². The van der Waals surface area contributed by atoms with Gasteiger partial charge in [-0.2, -0.15) is 0 Å². The van der Waals surface area contributed by atoms with Crippen LogP contribution in [0, 0.1) is 5.92 Å². The average molecular weight is 326 g/mol. The highest BCUT2D eigenvalue weighted by Gasteiger charge is 2.30. The molecule has 104 valence electrons. The fourth-order valence-corrected chi connectivity index (χ4v) is 2.81. The van der Waals surface area contributed by atoms with Crippen molar-refractivity contribution in [1.29, 1.82) is 0 Å². The minimum absolute atomic E-state index is 0.135. The summed E-state index contributed by atoms with van der Waals surface area (Å²) in [5, 5.41) is 2.98. The molecule has 0 bridgehead atoms. The highest BCUT2D eigenvalue weighted by molar-refractivity contribution is 9.10. The molecule has 0 heterocycles. The van der Waals surface area contributed by atoms with Crippen molar-refractivity contribution in [2.75, 3.05) is 6.61 Å². The van der Waals surface area contributed by atoms with Crippen molar-refractivity contribution in [2.24, 2.45) is 5.92 Å². The van der Waals surface area contributed by atoms with Gasteiger partial charge in [0, 0.05) is 24.0 Å². The fraction of sp³-hybridized carbons (Fsp3) is 0.533. The normalized spacial score (nSPS) is 21.8. The number of ether oxygens (including phenoxy) is 1. The van der Waals surface area contributed by atoms with Crippen LogP contribution >= 0.6 is 15.9 Å². The highest BCUT2D eigenvalue weighted by Crippen LogP contribution is 2.32. The van der Waals surface area contributed by atoms with Gasteiger partial charge in [-0.25, -0.2) is 0 Å². The molecular formula is C15H20BrNO2. The number of benzene rings is 1. The van der Waals surface area contributed by atoms with Crippen LogP contribution in [0.1, 0.15) is 31.7 Å². The Balaban J connectivity index is 1.67. The first-order chi connectivity index (χ1) is 9.19. The number of hydrogen-bond donors (Lipinski definition) is 1. The van der Waals surface area contributed by atoms with Gasteiger partial charge in [-0.05, 0) is 37.3 Å². The van der Waals surface area contributed by atoms with Crippen LogP contribution in [0.5, 0.6) is 0 Å². The van der Waals surface area contributed by atoms with Crippen LogP contribution in [0.2, 0.25) is 0 Å². The maximum absolute atomic E-state index is 11.8. The van der Waals surface area contributed by atoms with Crippen molar-refractivity contribution in [3.05, 3.63) is 34.3 Å². The summed E-state index contributed by atoms with van der Waals surface area (Å²) < 4.78 is 6.53. The first-order valence-corrected chi connectivity index (χ1v) is 7.60. The maximum Gasteiger partial charge on any atom is 0.220 e. The van der Waals surface area contributed by atoms with Gasteiger partial charge in [0.25, 0.3) is 0 Å². The summed E-state index contributed by atoms with van der Waals surface area (Å²) >= 11 is 3.48. The summed E-state index contributed by atoms with van der Waals surface area (Å²) in [5.41, 5.74) is 1.11. The van der Waals surface area contributed by atoms with Gasteiger partial charge in [0.15, 0.2) is 0 Å². The lowest BCUT2D eigenvalue weighted by Gasteiger charge is -2.34. The van der Waals surface area contributed by atoms with Crippen LogP contribution in [-0.4, -0.2) is 18.6 Å². The molecule has 1 saturated carbocycles. The first-order valence-electron chi connectivity index (χ1n) is 6.80. The highest BCUT2D eigenvalue weighted by atomic mass is 79.9. The molecule has 1 aromatic carbocycles. The predicted molar refractivity (Wildman–Crippen MR) is 78.7 cm³/mol. The topological polar surface area (TPSA) is 38.3 Å². The van der Waals surface area contributed by atoms with E-state index in [0.29, 0.717) is 25.0 Å². The number of hydrogen-bond acceptors (Lipinski definition) is 2. The zero-order chi connectivity index (χ0) is 13.7. The van der Waals surface area contributed by atoms with Gasteiger partial charge >= 0.3 is 0 Å². The molecule has 4 heteroatoms. The third-order valence-corrected chi connectivity index (χ3v) is 4.28. The zero-order valence-electron chi connectivity index (χ0n) is 11.2. The number of halogens is 1. The van der Waals surface area contributed by atoms with E-state index in [1.165, 1.54) is 0 Å². The summed E-state index contributed by atoms with van der Waals surface area (Å²) in [6.07, 6.45) is 3.05. The lowest BCUT2D eigenvalue weighted by molar-refractivity contribution is -0.124. The molecule has 0 spiro atoms. The Bertz CT molecular complexity index is 430. The van der Waals surface area contributed by atoms with E-state index in [-0.39, 0.29) is 5.91 Å². The molecular weight excluding hydrogens is 306 g/mol. The molecule has 1 aliphatic carbocycles. The average Bonchev–Trinajstić information content (AvgIpc) is 2.35. The Kier molecular flexibility index (Phi) is 5.40. The zero-order valence-corrected chi connectivity index (χ0v) is 12.8. The molecule has 1 fully saturated rings. The van der Waals surface area contributed by atoms with Gasteiger partial charge in [0.1, 0.15) is 0 Å². The van der Waals surface area contributed by atoms with E-state index in [1.807, 2.05) is 31.2 Å². The SMILES string of the molecule is CCOC1CC(CC(=O)NCc2ccccc2Br)C1. The summed E-state index contributed by atoms with van der Waals surface area (Å²) in [6, 6.07) is 7.95. The van der Waals surface area contributed by atoms with Crippen molar-refractivity contribution in [2.45, 2.75) is 38.8 Å². The van der Waals surface area contributed by atoms with Crippen molar-refractivity contribution in [3.63, 3.8) is 0 Å². The molecule has 0 unspecified atom stereocenters. The predicted octanol–water partition coefficient (Wildman–Crippen LogP) is 3.27. The van der Waals surface area contributed by atoms with Crippen molar-refractivity contribution < 1.29 is 9.53 Å². The third kappa shape index (κ3) is 4.32. The quantitative estimate of drug-likeness (QED) is 0.871. The van der Waals surface area contributed by atoms with Gasteiger partial charge in [-0.3, -0.25) is 4.79 Å². The van der Waals surface area contributed by atoms with E-state index in [1.54, 1.807) is 0 Å². The molecule has 0 atom stereocenters. The summed E-state index contributed by atoms with van der Waals surface area (Å²) in [6.45, 7) is 3.37. The molecule has 1 amide bonds. The van der Waals surface area contributed by atoms with Gasteiger partial charge in [-0.15, -0.1) is 0 Å². The number of nitrogens with one attached hydrogen (secondary N) is 1. The minimum atomic E-state index is 0.135. The number of amides is 1. The molecule has 19 heavy (non-hydrogen) atoms. The molecule has 3 nitrogen and oxygen atoms in total. The summed E-state index contributed by atoms with van der Waals surface area (Å²) in [7, 11) is 0. The van der Waals surface area contributed by atoms with E-state index >= 15 is 0 Å². The summed E-state index contributed by atoms with van der Waals surface area (Å²) in [5.74, 6) is 0.631. The molecule has 1 N–H and O–H groups in total. The van der Waals surface area contributed by atoms with Gasteiger partial charge in [0.05, 0.1) is 6.10 Å². The first kappa shape index (κ1) is 14.5. The molecule has 0 radical (unpaired) electrons. The standard InChI is InChI=1S/C15H20BrNO2/c1-2-19-13-7-11(8-13)9-15(18)17-10-12-5-3-4-6-14(12)16/h3-6,11,13H,2,7-10H2,1H3,(H,17,18). The lowest BCUT2D eigenvalue weighted by Crippen LogP contribution is -2.35. The Hall–Kier alpha value is -0.870. The van der Waals surface area contributed by atoms with Gasteiger partial charge in [-0.1, -0.05) is 34.1 Å². The molecule has 0 aliphatic heterocycles. The maximum atomic E-state index is 11.8. The lowest BCUT2D eigenvalue weighted by atomic mass is 9.80. The van der Waals surface area contributed by atoms with Crippen molar-refractivity contribution in [3.8, 4) is 0 Å². The molecule has 0 aromatic heterocycles. The van der Waals surface area contributed by atoms with Crippen LogP contribution in [0.3, 0.4) is 0 Å². The van der Waals surface area contributed by atoms with E-state index in [4.69, 9.17) is 4.74 Å². The van der Waals surface area contributed by atoms with Gasteiger partial charge in [0.2, 0.25) is 5.91 Å². The molecule has 2 rings (SSSR count).